The zero-order valence-corrected chi connectivity index (χ0v) is 37.7. The minimum absolute atomic E-state index is 0.0383. The number of likely N-dealkylation sites (N-methyl/N-ethyl adjacent to an activating group) is 1. The van der Waals surface area contributed by atoms with Crippen LogP contribution in [0.5, 0.6) is 0 Å². The summed E-state index contributed by atoms with van der Waals surface area (Å²) in [6.07, 6.45) is 43.2. The molecule has 0 aromatic rings. The van der Waals surface area contributed by atoms with E-state index in [1.807, 2.05) is 21.1 Å². The molecule has 0 amide bonds. The van der Waals surface area contributed by atoms with E-state index in [1.54, 1.807) is 0 Å². The van der Waals surface area contributed by atoms with Crippen LogP contribution in [0.25, 0.3) is 0 Å². The monoisotopic (exact) mass is 812 g/mol. The number of ether oxygens (including phenoxy) is 2. The first-order valence-corrected chi connectivity index (χ1v) is 24.2. The highest BCUT2D eigenvalue weighted by Gasteiger charge is 2.21. The highest BCUT2D eigenvalue weighted by Crippen LogP contribution is 2.38. The third kappa shape index (κ3) is 41.9. The summed E-state index contributed by atoms with van der Waals surface area (Å²) >= 11 is 0. The summed E-state index contributed by atoms with van der Waals surface area (Å²) in [5.74, 6) is -0.888. The van der Waals surface area contributed by atoms with Crippen molar-refractivity contribution < 1.29 is 42.1 Å². The fourth-order valence-corrected chi connectivity index (χ4v) is 6.76. The molecule has 0 fully saturated rings. The van der Waals surface area contributed by atoms with E-state index in [-0.39, 0.29) is 26.1 Å². The van der Waals surface area contributed by atoms with Crippen LogP contribution >= 0.6 is 7.82 Å². The van der Waals surface area contributed by atoms with Crippen molar-refractivity contribution in [3.05, 3.63) is 36.5 Å². The van der Waals surface area contributed by atoms with Crippen molar-refractivity contribution in [1.29, 1.82) is 0 Å². The first-order chi connectivity index (χ1) is 27.0. The van der Waals surface area contributed by atoms with Gasteiger partial charge in [-0.05, 0) is 57.8 Å². The summed E-state index contributed by atoms with van der Waals surface area (Å²) in [7, 11) is 1.14. The predicted octanol–water partition coefficient (Wildman–Crippen LogP) is 12.3. The van der Waals surface area contributed by atoms with Gasteiger partial charge in [0.15, 0.2) is 6.10 Å². The minimum atomic E-state index is -4.63. The Morgan fingerprint density at radius 1 is 0.554 bits per heavy atom. The molecule has 2 atom stereocenters. The molecule has 0 saturated carbocycles. The zero-order chi connectivity index (χ0) is 41.4. The van der Waals surface area contributed by atoms with Crippen molar-refractivity contribution in [2.24, 2.45) is 0 Å². The summed E-state index contributed by atoms with van der Waals surface area (Å²) in [6.45, 7) is 4.15. The third-order valence-corrected chi connectivity index (χ3v) is 10.6. The van der Waals surface area contributed by atoms with Gasteiger partial charge in [-0.1, -0.05) is 159 Å². The van der Waals surface area contributed by atoms with Crippen LogP contribution in [0.15, 0.2) is 36.5 Å². The molecule has 0 bridgehead atoms. The average Bonchev–Trinajstić information content (AvgIpc) is 3.15. The number of allylic oxidation sites excluding steroid dienone is 6. The standard InChI is InChI=1S/C46H86NO8P/c1-6-8-10-12-14-16-18-20-22-23-25-27-29-31-33-35-37-39-46(49)55-44(43-54-56(50,51)53-41-40-47(3,4)5)42-52-45(48)38-36-34-32-30-28-26-24-21-19-17-15-13-11-9-7-2/h13,15,25,27,31,33,44H,6-12,14,16-24,26,28-30,32,34-43H2,1-5H3/b15-13+,27-25+,33-31+/t44-/m1/s1. The highest BCUT2D eigenvalue weighted by atomic mass is 31.2. The first-order valence-electron chi connectivity index (χ1n) is 22.7. The van der Waals surface area contributed by atoms with E-state index in [0.29, 0.717) is 17.4 Å². The van der Waals surface area contributed by atoms with Crippen LogP contribution in [-0.2, 0) is 32.7 Å². The van der Waals surface area contributed by atoms with Crippen LogP contribution in [-0.4, -0.2) is 70.0 Å². The van der Waals surface area contributed by atoms with Crippen molar-refractivity contribution in [3.63, 3.8) is 0 Å². The van der Waals surface area contributed by atoms with Crippen LogP contribution in [0.4, 0.5) is 0 Å². The minimum Gasteiger partial charge on any atom is -0.756 e. The van der Waals surface area contributed by atoms with Gasteiger partial charge in [0.1, 0.15) is 19.8 Å². The van der Waals surface area contributed by atoms with Gasteiger partial charge in [0.25, 0.3) is 7.82 Å². The number of hydrogen-bond acceptors (Lipinski definition) is 8. The lowest BCUT2D eigenvalue weighted by atomic mass is 10.1. The number of carbonyl (C=O) groups excluding carboxylic acids is 2. The Hall–Kier alpha value is -1.77. The van der Waals surface area contributed by atoms with Crippen molar-refractivity contribution in [1.82, 2.24) is 0 Å². The molecule has 1 unspecified atom stereocenters. The van der Waals surface area contributed by atoms with Crippen LogP contribution in [0.3, 0.4) is 0 Å². The van der Waals surface area contributed by atoms with Crippen LogP contribution in [0.1, 0.15) is 194 Å². The van der Waals surface area contributed by atoms with Gasteiger partial charge < -0.3 is 27.9 Å². The van der Waals surface area contributed by atoms with E-state index in [9.17, 15) is 19.0 Å². The maximum Gasteiger partial charge on any atom is 0.306 e. The molecular weight excluding hydrogens is 725 g/mol. The number of phosphoric acid groups is 1. The maximum atomic E-state index is 12.7. The Labute approximate surface area is 344 Å². The fourth-order valence-electron chi connectivity index (χ4n) is 6.03. The van der Waals surface area contributed by atoms with E-state index < -0.39 is 32.5 Å². The van der Waals surface area contributed by atoms with Crippen molar-refractivity contribution in [2.45, 2.75) is 200 Å². The highest BCUT2D eigenvalue weighted by molar-refractivity contribution is 7.45. The molecule has 0 spiro atoms. The molecule has 0 N–H and O–H groups in total. The SMILES string of the molecule is CCCC/C=C/CCCCCCCCCCCC(=O)OC[C@H](COP(=O)([O-])OCC[N+](C)(C)C)OC(=O)CCC/C=C/C/C=C/CCCCCCCCCCC. The number of rotatable bonds is 41. The Morgan fingerprint density at radius 2 is 1.00 bits per heavy atom. The average molecular weight is 812 g/mol. The van der Waals surface area contributed by atoms with Gasteiger partial charge in [-0.25, -0.2) is 0 Å². The fraction of sp³-hybridized carbons (Fsp3) is 0.826. The molecule has 0 rings (SSSR count). The number of hydrogen-bond donors (Lipinski definition) is 0. The lowest BCUT2D eigenvalue weighted by molar-refractivity contribution is -0.870. The molecule has 0 aromatic carbocycles. The van der Waals surface area contributed by atoms with Crippen LogP contribution in [0, 0.1) is 0 Å². The second-order valence-corrected chi connectivity index (χ2v) is 17.8. The van der Waals surface area contributed by atoms with Gasteiger partial charge in [-0.2, -0.15) is 0 Å². The smallest absolute Gasteiger partial charge is 0.306 e. The second kappa shape index (κ2) is 38.7. The maximum absolute atomic E-state index is 12.7. The molecule has 10 heteroatoms. The van der Waals surface area contributed by atoms with Crippen molar-refractivity contribution in [2.75, 3.05) is 47.5 Å². The normalized spacial score (nSPS) is 13.9. The Kier molecular flexibility index (Phi) is 37.5. The number of phosphoric ester groups is 1. The topological polar surface area (TPSA) is 111 Å². The quantitative estimate of drug-likeness (QED) is 0.0197. The second-order valence-electron chi connectivity index (χ2n) is 16.4. The number of nitrogens with zero attached hydrogens (tertiary/aromatic N) is 1. The Balaban J connectivity index is 4.40. The Morgan fingerprint density at radius 3 is 1.54 bits per heavy atom. The van der Waals surface area contributed by atoms with E-state index in [2.05, 4.69) is 50.3 Å². The number of carbonyl (C=O) groups is 2. The Bertz CT molecular complexity index is 1050. The molecule has 328 valence electrons. The molecule has 0 aliphatic rings. The van der Waals surface area contributed by atoms with E-state index >= 15 is 0 Å². The van der Waals surface area contributed by atoms with Gasteiger partial charge in [0.2, 0.25) is 0 Å². The lowest BCUT2D eigenvalue weighted by Gasteiger charge is -2.28. The van der Waals surface area contributed by atoms with Crippen LogP contribution < -0.4 is 4.89 Å². The van der Waals surface area contributed by atoms with Gasteiger partial charge >= 0.3 is 11.9 Å². The predicted molar refractivity (Wildman–Crippen MR) is 231 cm³/mol. The summed E-state index contributed by atoms with van der Waals surface area (Å²) < 4.78 is 33.9. The molecular formula is C46H86NO8P. The third-order valence-electron chi connectivity index (χ3n) is 9.63. The van der Waals surface area contributed by atoms with Crippen LogP contribution in [0.2, 0.25) is 0 Å². The molecule has 0 aliphatic heterocycles. The van der Waals surface area contributed by atoms with Crippen molar-refractivity contribution in [3.8, 4) is 0 Å². The van der Waals surface area contributed by atoms with Gasteiger partial charge in [-0.3, -0.25) is 14.2 Å². The summed E-state index contributed by atoms with van der Waals surface area (Å²) in [5.41, 5.74) is 0. The molecule has 0 radical (unpaired) electrons. The first kappa shape index (κ1) is 54.2. The van der Waals surface area contributed by atoms with Gasteiger partial charge in [0.05, 0.1) is 27.7 Å². The number of unbranched alkanes of at least 4 members (excludes halogenated alkanes) is 21. The molecule has 56 heavy (non-hydrogen) atoms. The molecule has 0 heterocycles. The lowest BCUT2D eigenvalue weighted by Crippen LogP contribution is -2.37. The van der Waals surface area contributed by atoms with Crippen molar-refractivity contribution >= 4 is 19.8 Å². The summed E-state index contributed by atoms with van der Waals surface area (Å²) in [5, 5.41) is 0. The molecule has 0 saturated heterocycles. The number of quaternary nitrogens is 1. The van der Waals surface area contributed by atoms with Gasteiger partial charge in [-0.15, -0.1) is 0 Å². The summed E-state index contributed by atoms with van der Waals surface area (Å²) in [4.78, 5) is 37.5. The zero-order valence-electron chi connectivity index (χ0n) is 36.8. The number of esters is 2. The molecule has 9 nitrogen and oxygen atoms in total. The summed E-state index contributed by atoms with van der Waals surface area (Å²) in [6, 6.07) is 0. The largest absolute Gasteiger partial charge is 0.756 e. The molecule has 0 aliphatic carbocycles. The van der Waals surface area contributed by atoms with E-state index in [0.717, 1.165) is 38.5 Å². The van der Waals surface area contributed by atoms with Gasteiger partial charge in [0, 0.05) is 12.8 Å². The molecule has 0 aromatic heterocycles. The van der Waals surface area contributed by atoms with E-state index in [1.165, 1.54) is 122 Å². The van der Waals surface area contributed by atoms with E-state index in [4.69, 9.17) is 18.5 Å².